The molecule has 0 aliphatic carbocycles. The Kier molecular flexibility index (Phi) is 3.57. The number of halogens is 2. The zero-order valence-electron chi connectivity index (χ0n) is 10.9. The predicted molar refractivity (Wildman–Crippen MR) is 66.7 cm³/mol. The zero-order chi connectivity index (χ0) is 14.2. The Morgan fingerprint density at radius 2 is 1.79 bits per heavy atom. The van der Waals surface area contributed by atoms with E-state index in [0.29, 0.717) is 17.0 Å². The summed E-state index contributed by atoms with van der Waals surface area (Å²) in [4.78, 5) is 0. The van der Waals surface area contributed by atoms with Gasteiger partial charge in [-0.2, -0.15) is 10.2 Å². The minimum absolute atomic E-state index is 0.284. The molecule has 1 aromatic carbocycles. The third-order valence-electron chi connectivity index (χ3n) is 3.03. The summed E-state index contributed by atoms with van der Waals surface area (Å²) in [6, 6.07) is 4.06. The molecule has 1 unspecified atom stereocenters. The van der Waals surface area contributed by atoms with Gasteiger partial charge in [-0.05, 0) is 38.5 Å². The monoisotopic (exact) mass is 264 g/mol. The molecule has 0 fully saturated rings. The Morgan fingerprint density at radius 1 is 1.11 bits per heavy atom. The molecule has 100 valence electrons. The average molecular weight is 264 g/mol. The van der Waals surface area contributed by atoms with Gasteiger partial charge >= 0.3 is 0 Å². The molecular formula is C14H14F2N2O. The third-order valence-corrected chi connectivity index (χ3v) is 3.03. The maximum absolute atomic E-state index is 14.0. The van der Waals surface area contributed by atoms with Crippen LogP contribution in [0.2, 0.25) is 0 Å². The van der Waals surface area contributed by atoms with Crippen molar-refractivity contribution < 1.29 is 13.9 Å². The van der Waals surface area contributed by atoms with Crippen LogP contribution < -0.4 is 0 Å². The van der Waals surface area contributed by atoms with Gasteiger partial charge < -0.3 is 5.11 Å². The van der Waals surface area contributed by atoms with Gasteiger partial charge in [0.15, 0.2) is 0 Å². The highest BCUT2D eigenvalue weighted by Gasteiger charge is 2.23. The van der Waals surface area contributed by atoms with Crippen LogP contribution in [0.4, 0.5) is 8.78 Å². The minimum atomic E-state index is -1.39. The van der Waals surface area contributed by atoms with E-state index in [9.17, 15) is 13.9 Å². The molecule has 19 heavy (non-hydrogen) atoms. The molecule has 1 N–H and O–H groups in total. The molecule has 0 aliphatic heterocycles. The van der Waals surface area contributed by atoms with Gasteiger partial charge in [-0.15, -0.1) is 0 Å². The molecule has 0 radical (unpaired) electrons. The van der Waals surface area contributed by atoms with Crippen LogP contribution in [0.25, 0.3) is 0 Å². The van der Waals surface area contributed by atoms with Crippen molar-refractivity contribution in [3.63, 3.8) is 0 Å². The van der Waals surface area contributed by atoms with E-state index < -0.39 is 17.7 Å². The van der Waals surface area contributed by atoms with E-state index in [-0.39, 0.29) is 11.1 Å². The number of aryl methyl sites for hydroxylation is 3. The zero-order valence-corrected chi connectivity index (χ0v) is 10.9. The topological polar surface area (TPSA) is 46.0 Å². The van der Waals surface area contributed by atoms with Crippen LogP contribution in [0, 0.1) is 32.4 Å². The van der Waals surface area contributed by atoms with E-state index in [1.165, 1.54) is 13.0 Å². The van der Waals surface area contributed by atoms with Crippen molar-refractivity contribution in [2.45, 2.75) is 26.9 Å². The number of benzene rings is 1. The lowest BCUT2D eigenvalue weighted by Crippen LogP contribution is -2.10. The lowest BCUT2D eigenvalue weighted by atomic mass is 9.97. The number of aromatic nitrogens is 2. The molecular weight excluding hydrogens is 250 g/mol. The highest BCUT2D eigenvalue weighted by molar-refractivity contribution is 5.36. The van der Waals surface area contributed by atoms with Crippen LogP contribution in [0.3, 0.4) is 0 Å². The first-order valence-corrected chi connectivity index (χ1v) is 5.85. The van der Waals surface area contributed by atoms with Gasteiger partial charge in [0, 0.05) is 5.56 Å². The number of nitrogens with zero attached hydrogens (tertiary/aromatic N) is 2. The van der Waals surface area contributed by atoms with Crippen LogP contribution in [0.15, 0.2) is 18.2 Å². The van der Waals surface area contributed by atoms with E-state index in [1.807, 2.05) is 0 Å². The standard InChI is InChI=1S/C14H14F2N2O/c1-7-4-5-11(15)12(13(7)16)14(19)10-6-8(2)17-18-9(10)3/h4-6,14,19H,1-3H3. The van der Waals surface area contributed by atoms with Gasteiger partial charge in [0.05, 0.1) is 17.0 Å². The summed E-state index contributed by atoms with van der Waals surface area (Å²) in [5.41, 5.74) is 1.31. The number of hydrogen-bond donors (Lipinski definition) is 1. The second-order valence-electron chi connectivity index (χ2n) is 4.52. The summed E-state index contributed by atoms with van der Waals surface area (Å²) in [6.07, 6.45) is -1.39. The van der Waals surface area contributed by atoms with E-state index >= 15 is 0 Å². The van der Waals surface area contributed by atoms with Gasteiger partial charge in [0.2, 0.25) is 0 Å². The molecule has 0 amide bonds. The summed E-state index contributed by atoms with van der Waals surface area (Å²) in [5.74, 6) is -1.51. The molecule has 2 aromatic rings. The molecule has 3 nitrogen and oxygen atoms in total. The van der Waals surface area contributed by atoms with Crippen molar-refractivity contribution in [2.24, 2.45) is 0 Å². The molecule has 1 heterocycles. The Balaban J connectivity index is 2.59. The largest absolute Gasteiger partial charge is 0.383 e. The molecule has 5 heteroatoms. The summed E-state index contributed by atoms with van der Waals surface area (Å²) in [5, 5.41) is 17.9. The Morgan fingerprint density at radius 3 is 2.47 bits per heavy atom. The van der Waals surface area contributed by atoms with Crippen LogP contribution in [0.5, 0.6) is 0 Å². The maximum atomic E-state index is 14.0. The first kappa shape index (κ1) is 13.5. The highest BCUT2D eigenvalue weighted by atomic mass is 19.1. The molecule has 1 aromatic heterocycles. The number of rotatable bonds is 2. The summed E-state index contributed by atoms with van der Waals surface area (Å²) in [7, 11) is 0. The van der Waals surface area contributed by atoms with Crippen molar-refractivity contribution in [2.75, 3.05) is 0 Å². The number of hydrogen-bond acceptors (Lipinski definition) is 3. The van der Waals surface area contributed by atoms with Crippen LogP contribution >= 0.6 is 0 Å². The Bertz CT molecular complexity index is 629. The molecule has 0 spiro atoms. The summed E-state index contributed by atoms with van der Waals surface area (Å²) in [6.45, 7) is 4.86. The van der Waals surface area contributed by atoms with Gasteiger partial charge in [-0.1, -0.05) is 6.07 Å². The SMILES string of the molecule is Cc1cc(C(O)c2c(F)ccc(C)c2F)c(C)nn1. The van der Waals surface area contributed by atoms with Crippen molar-refractivity contribution in [1.82, 2.24) is 10.2 Å². The lowest BCUT2D eigenvalue weighted by Gasteiger charge is -2.16. The molecule has 0 saturated carbocycles. The fourth-order valence-corrected chi connectivity index (χ4v) is 1.93. The van der Waals surface area contributed by atoms with Crippen molar-refractivity contribution >= 4 is 0 Å². The third kappa shape index (κ3) is 2.46. The summed E-state index contributed by atoms with van der Waals surface area (Å²) < 4.78 is 27.8. The fraction of sp³-hybridized carbons (Fsp3) is 0.286. The van der Waals surface area contributed by atoms with E-state index in [1.54, 1.807) is 19.9 Å². The van der Waals surface area contributed by atoms with E-state index in [2.05, 4.69) is 10.2 Å². The highest BCUT2D eigenvalue weighted by Crippen LogP contribution is 2.29. The minimum Gasteiger partial charge on any atom is -0.383 e. The van der Waals surface area contributed by atoms with Gasteiger partial charge in [0.25, 0.3) is 0 Å². The van der Waals surface area contributed by atoms with Gasteiger partial charge in [-0.3, -0.25) is 0 Å². The van der Waals surface area contributed by atoms with Crippen molar-refractivity contribution in [3.05, 3.63) is 57.9 Å². The molecule has 2 rings (SSSR count). The quantitative estimate of drug-likeness (QED) is 0.907. The predicted octanol–water partition coefficient (Wildman–Crippen LogP) is 2.76. The second-order valence-corrected chi connectivity index (χ2v) is 4.52. The number of aliphatic hydroxyl groups is 1. The normalized spacial score (nSPS) is 12.5. The van der Waals surface area contributed by atoms with Crippen LogP contribution in [0.1, 0.15) is 34.2 Å². The molecule has 0 saturated heterocycles. The van der Waals surface area contributed by atoms with E-state index in [4.69, 9.17) is 0 Å². The van der Waals surface area contributed by atoms with Crippen LogP contribution in [-0.2, 0) is 0 Å². The van der Waals surface area contributed by atoms with Gasteiger partial charge in [0.1, 0.15) is 17.7 Å². The smallest absolute Gasteiger partial charge is 0.135 e. The first-order chi connectivity index (χ1) is 8.91. The number of aliphatic hydroxyl groups excluding tert-OH is 1. The molecule has 1 atom stereocenters. The Labute approximate surface area is 109 Å². The van der Waals surface area contributed by atoms with Crippen LogP contribution in [-0.4, -0.2) is 15.3 Å². The summed E-state index contributed by atoms with van der Waals surface area (Å²) >= 11 is 0. The molecule has 0 aliphatic rings. The van der Waals surface area contributed by atoms with Gasteiger partial charge in [-0.25, -0.2) is 8.78 Å². The lowest BCUT2D eigenvalue weighted by molar-refractivity contribution is 0.207. The second kappa shape index (κ2) is 5.01. The maximum Gasteiger partial charge on any atom is 0.135 e. The Hall–Kier alpha value is -1.88. The molecule has 0 bridgehead atoms. The fourth-order valence-electron chi connectivity index (χ4n) is 1.93. The average Bonchev–Trinajstić information content (AvgIpc) is 2.37. The van der Waals surface area contributed by atoms with E-state index in [0.717, 1.165) is 6.07 Å². The first-order valence-electron chi connectivity index (χ1n) is 5.85. The van der Waals surface area contributed by atoms with Crippen molar-refractivity contribution in [3.8, 4) is 0 Å². The van der Waals surface area contributed by atoms with Crippen molar-refractivity contribution in [1.29, 1.82) is 0 Å².